The number of ether oxygens (including phenoxy) is 1. The number of halogens is 1. The third-order valence-electron chi connectivity index (χ3n) is 6.64. The number of thioether (sulfide) groups is 2. The molecular formula is C27H25ClN4O5S3. The molecule has 1 N–H and O–H groups in total. The van der Waals surface area contributed by atoms with Gasteiger partial charge in [0.2, 0.25) is 11.8 Å². The fourth-order valence-corrected chi connectivity index (χ4v) is 7.98. The van der Waals surface area contributed by atoms with Gasteiger partial charge in [0.25, 0.3) is 0 Å². The largest absolute Gasteiger partial charge is 0.452 e. The van der Waals surface area contributed by atoms with Crippen molar-refractivity contribution in [2.24, 2.45) is 5.41 Å². The molecule has 2 saturated heterocycles. The predicted molar refractivity (Wildman–Crippen MR) is 154 cm³/mol. The summed E-state index contributed by atoms with van der Waals surface area (Å²) in [7, 11) is 0. The van der Waals surface area contributed by atoms with Gasteiger partial charge in [0.1, 0.15) is 23.2 Å². The molecule has 0 bridgehead atoms. The minimum Gasteiger partial charge on any atom is -0.452 e. The van der Waals surface area contributed by atoms with Crippen molar-refractivity contribution in [3.63, 3.8) is 0 Å². The average molecular weight is 617 g/mol. The maximum atomic E-state index is 14.1. The number of esters is 1. The van der Waals surface area contributed by atoms with Gasteiger partial charge in [-0.15, -0.1) is 23.4 Å². The predicted octanol–water partition coefficient (Wildman–Crippen LogP) is 3.55. The molecule has 0 radical (unpaired) electrons. The summed E-state index contributed by atoms with van der Waals surface area (Å²) in [6.07, 6.45) is 0.463. The summed E-state index contributed by atoms with van der Waals surface area (Å²) in [5.41, 5.74) is 0.646. The number of amides is 2. The number of fused-ring (bicyclic) bond motifs is 1. The Morgan fingerprint density at radius 2 is 1.80 bits per heavy atom. The molecule has 9 nitrogen and oxygen atoms in total. The second kappa shape index (κ2) is 12.7. The molecule has 13 heteroatoms. The lowest BCUT2D eigenvalue weighted by Gasteiger charge is -2.54. The number of Topliss-reactive ketones (excluding diaryl/α,β-unsaturated/α-hetero) is 1. The summed E-state index contributed by atoms with van der Waals surface area (Å²) in [6, 6.07) is 18.3. The third-order valence-corrected chi connectivity index (χ3v) is 10.6. The van der Waals surface area contributed by atoms with Gasteiger partial charge in [0.05, 0.1) is 12.3 Å². The summed E-state index contributed by atoms with van der Waals surface area (Å²) in [5, 5.41) is 2.31. The van der Waals surface area contributed by atoms with Gasteiger partial charge in [-0.3, -0.25) is 19.2 Å². The summed E-state index contributed by atoms with van der Waals surface area (Å²) in [5.74, 6) is -1.23. The maximum absolute atomic E-state index is 14.1. The monoisotopic (exact) mass is 616 g/mol. The van der Waals surface area contributed by atoms with Crippen LogP contribution in [-0.2, 0) is 23.9 Å². The second-order valence-electron chi connectivity index (χ2n) is 9.44. The van der Waals surface area contributed by atoms with E-state index in [1.54, 1.807) is 4.90 Å². The molecule has 2 aliphatic heterocycles. The lowest BCUT2D eigenvalue weighted by molar-refractivity contribution is -0.164. The van der Waals surface area contributed by atoms with E-state index < -0.39 is 35.2 Å². The molecule has 2 aliphatic rings. The SMILES string of the molecule is O=C(CCl)CC(=O)NC1C(=O)N2CC(CSc3ncns3)(C(=O)OC(c3ccccc3)c3ccccc3)CS[C@H]12. The molecule has 3 aromatic rings. The number of β-lactam (4-membered cyclic amide) rings is 1. The molecule has 5 rings (SSSR count). The molecule has 0 saturated carbocycles. The van der Waals surface area contributed by atoms with Crippen LogP contribution in [0, 0.1) is 5.41 Å². The molecule has 3 heterocycles. The molecule has 2 aromatic carbocycles. The van der Waals surface area contributed by atoms with Crippen molar-refractivity contribution in [3.05, 3.63) is 78.1 Å². The molecule has 0 aliphatic carbocycles. The van der Waals surface area contributed by atoms with Gasteiger partial charge < -0.3 is 15.0 Å². The van der Waals surface area contributed by atoms with E-state index in [9.17, 15) is 19.2 Å². The van der Waals surface area contributed by atoms with Gasteiger partial charge in [-0.2, -0.15) is 4.37 Å². The van der Waals surface area contributed by atoms with Crippen molar-refractivity contribution < 1.29 is 23.9 Å². The van der Waals surface area contributed by atoms with Gasteiger partial charge in [0.15, 0.2) is 16.2 Å². The van der Waals surface area contributed by atoms with Gasteiger partial charge in [-0.1, -0.05) is 72.4 Å². The van der Waals surface area contributed by atoms with Crippen LogP contribution in [0.5, 0.6) is 0 Å². The van der Waals surface area contributed by atoms with Crippen LogP contribution in [0.4, 0.5) is 0 Å². The van der Waals surface area contributed by atoms with E-state index in [0.717, 1.165) is 11.1 Å². The summed E-state index contributed by atoms with van der Waals surface area (Å²) < 4.78 is 11.0. The number of benzene rings is 2. The highest BCUT2D eigenvalue weighted by atomic mass is 35.5. The Hall–Kier alpha value is -2.93. The molecule has 2 fully saturated rings. The zero-order valence-electron chi connectivity index (χ0n) is 21.1. The molecule has 2 amide bonds. The summed E-state index contributed by atoms with van der Waals surface area (Å²) in [4.78, 5) is 56.8. The number of hydrogen-bond donors (Lipinski definition) is 1. The highest BCUT2D eigenvalue weighted by Crippen LogP contribution is 2.46. The number of nitrogens with zero attached hydrogens (tertiary/aromatic N) is 3. The minimum atomic E-state index is -1.03. The topological polar surface area (TPSA) is 119 Å². The number of aromatic nitrogens is 2. The van der Waals surface area contributed by atoms with Crippen molar-refractivity contribution in [3.8, 4) is 0 Å². The normalized spacial score (nSPS) is 21.9. The molecule has 208 valence electrons. The van der Waals surface area contributed by atoms with E-state index in [1.807, 2.05) is 60.7 Å². The van der Waals surface area contributed by atoms with Crippen molar-refractivity contribution >= 4 is 70.2 Å². The smallest absolute Gasteiger partial charge is 0.316 e. The highest BCUT2D eigenvalue weighted by molar-refractivity contribution is 8.01. The van der Waals surface area contributed by atoms with Gasteiger partial charge >= 0.3 is 5.97 Å². The van der Waals surface area contributed by atoms with Crippen molar-refractivity contribution in [2.75, 3.05) is 23.9 Å². The van der Waals surface area contributed by atoms with Crippen molar-refractivity contribution in [1.82, 2.24) is 19.6 Å². The lowest BCUT2D eigenvalue weighted by atomic mass is 9.88. The van der Waals surface area contributed by atoms with E-state index >= 15 is 0 Å². The number of carbonyl (C=O) groups excluding carboxylic acids is 4. The Kier molecular flexibility index (Phi) is 9.09. The van der Waals surface area contributed by atoms with E-state index in [1.165, 1.54) is 41.4 Å². The van der Waals surface area contributed by atoms with Crippen LogP contribution in [0.25, 0.3) is 0 Å². The third kappa shape index (κ3) is 6.19. The second-order valence-corrected chi connectivity index (χ2v) is 12.8. The number of alkyl halides is 1. The first-order valence-electron chi connectivity index (χ1n) is 12.4. The Bertz CT molecular complexity index is 1330. The number of rotatable bonds is 11. The van der Waals surface area contributed by atoms with Crippen LogP contribution in [0.2, 0.25) is 0 Å². The van der Waals surface area contributed by atoms with Gasteiger partial charge in [0, 0.05) is 18.1 Å². The first-order valence-corrected chi connectivity index (χ1v) is 15.7. The zero-order valence-corrected chi connectivity index (χ0v) is 24.3. The number of nitrogens with one attached hydrogen (secondary N) is 1. The van der Waals surface area contributed by atoms with E-state index in [4.69, 9.17) is 16.3 Å². The number of hydrogen-bond acceptors (Lipinski definition) is 10. The maximum Gasteiger partial charge on any atom is 0.316 e. The number of carbonyl (C=O) groups is 4. The van der Waals surface area contributed by atoms with Crippen LogP contribution in [0.3, 0.4) is 0 Å². The van der Waals surface area contributed by atoms with E-state index in [-0.39, 0.29) is 30.1 Å². The van der Waals surface area contributed by atoms with Gasteiger partial charge in [-0.25, -0.2) is 4.98 Å². The van der Waals surface area contributed by atoms with E-state index in [2.05, 4.69) is 14.7 Å². The van der Waals surface area contributed by atoms with Gasteiger partial charge in [-0.05, 0) is 22.7 Å². The lowest BCUT2D eigenvalue weighted by Crippen LogP contribution is -2.74. The standard InChI is InChI=1S/C27H25ClN4O5S3/c28-12-19(33)11-20(34)31-21-23(35)32-13-27(14-38-24(21)32,15-39-26-29-16-30-40-26)25(36)37-22(17-7-3-1-4-8-17)18-9-5-2-6-10-18/h1-10,16,21-22,24H,11-15H2,(H,31,34)/t21?,24-,27?/m1/s1. The van der Waals surface area contributed by atoms with Crippen LogP contribution in [0.1, 0.15) is 23.7 Å². The minimum absolute atomic E-state index is 0.136. The van der Waals surface area contributed by atoms with E-state index in [0.29, 0.717) is 15.8 Å². The Balaban J connectivity index is 1.36. The average Bonchev–Trinajstić information content (AvgIpc) is 3.52. The fourth-order valence-electron chi connectivity index (χ4n) is 4.59. The Labute approximate surface area is 248 Å². The Morgan fingerprint density at radius 1 is 1.12 bits per heavy atom. The first-order chi connectivity index (χ1) is 19.4. The summed E-state index contributed by atoms with van der Waals surface area (Å²) >= 11 is 9.55. The van der Waals surface area contributed by atoms with Crippen LogP contribution in [-0.4, -0.2) is 73.2 Å². The molecule has 3 atom stereocenters. The molecule has 1 aromatic heterocycles. The number of ketones is 1. The van der Waals surface area contributed by atoms with Crippen LogP contribution in [0.15, 0.2) is 71.3 Å². The molecule has 2 unspecified atom stereocenters. The van der Waals surface area contributed by atoms with Crippen LogP contribution >= 0.6 is 46.7 Å². The molecule has 40 heavy (non-hydrogen) atoms. The Morgan fingerprint density at radius 3 is 2.40 bits per heavy atom. The van der Waals surface area contributed by atoms with Crippen molar-refractivity contribution in [2.45, 2.75) is 28.3 Å². The summed E-state index contributed by atoms with van der Waals surface area (Å²) in [6.45, 7) is 0.136. The zero-order chi connectivity index (χ0) is 28.1. The fraction of sp³-hybridized carbons (Fsp3) is 0.333. The highest BCUT2D eigenvalue weighted by Gasteiger charge is 2.58. The van der Waals surface area contributed by atoms with Crippen molar-refractivity contribution in [1.29, 1.82) is 0 Å². The first kappa shape index (κ1) is 28.6. The molecule has 0 spiro atoms. The quantitative estimate of drug-likeness (QED) is 0.113. The van der Waals surface area contributed by atoms with Crippen LogP contribution < -0.4 is 5.32 Å². The molecular weight excluding hydrogens is 592 g/mol.